The smallest absolute Gasteiger partial charge is 0.329 e. The molecule has 0 aromatic carbocycles. The molecule has 0 aromatic rings. The second-order valence-electron chi connectivity index (χ2n) is 6.85. The molecule has 0 spiro atoms. The number of hydrogen-bond acceptors (Lipinski definition) is 6. The number of esters is 1. The molecule has 7 nitrogen and oxygen atoms in total. The predicted octanol–water partition coefficient (Wildman–Crippen LogP) is 1.15. The normalized spacial score (nSPS) is 22.2. The lowest BCUT2D eigenvalue weighted by Gasteiger charge is -2.38. The van der Waals surface area contributed by atoms with Gasteiger partial charge >= 0.3 is 11.9 Å². The molecule has 1 fully saturated rings. The van der Waals surface area contributed by atoms with Crippen LogP contribution in [0.3, 0.4) is 0 Å². The number of carbonyl (C=O) groups excluding carboxylic acids is 2. The lowest BCUT2D eigenvalue weighted by Crippen LogP contribution is -2.50. The predicted molar refractivity (Wildman–Crippen MR) is 92.7 cm³/mol. The third-order valence-corrected chi connectivity index (χ3v) is 6.21. The van der Waals surface area contributed by atoms with Crippen molar-refractivity contribution in [1.82, 2.24) is 5.32 Å². The molecule has 0 saturated heterocycles. The quantitative estimate of drug-likeness (QED) is 0.556. The van der Waals surface area contributed by atoms with Gasteiger partial charge in [-0.05, 0) is 18.3 Å². The highest BCUT2D eigenvalue weighted by atomic mass is 32.2. The van der Waals surface area contributed by atoms with Crippen LogP contribution in [-0.4, -0.2) is 53.1 Å². The Morgan fingerprint density at radius 1 is 1.38 bits per heavy atom. The van der Waals surface area contributed by atoms with Crippen LogP contribution in [-0.2, 0) is 19.1 Å². The second-order valence-corrected chi connectivity index (χ2v) is 8.08. The number of thioether (sulfide) groups is 1. The van der Waals surface area contributed by atoms with E-state index in [-0.39, 0.29) is 5.41 Å². The summed E-state index contributed by atoms with van der Waals surface area (Å²) in [6, 6.07) is -2.02. The van der Waals surface area contributed by atoms with E-state index in [4.69, 9.17) is 15.6 Å². The summed E-state index contributed by atoms with van der Waals surface area (Å²) >= 11 is 1.65. The first-order valence-corrected chi connectivity index (χ1v) is 9.19. The standard InChI is InChI=1S/C16H28N2O5S/c1-16(2)7-5-4-6-12(16)24-9-11(15(22)23-3)18-14(21)10(17)8-13(19)20/h10-12H,4-9,17H2,1-3H3,(H,18,21)(H,19,20)/t10-,11-,12?/m0/s1. The van der Waals surface area contributed by atoms with E-state index in [9.17, 15) is 14.4 Å². The van der Waals surface area contributed by atoms with Crippen LogP contribution < -0.4 is 11.1 Å². The topological polar surface area (TPSA) is 119 Å². The number of carboxylic acids is 1. The fourth-order valence-electron chi connectivity index (χ4n) is 2.85. The van der Waals surface area contributed by atoms with Crippen LogP contribution in [0.25, 0.3) is 0 Å². The van der Waals surface area contributed by atoms with E-state index in [1.54, 1.807) is 11.8 Å². The SMILES string of the molecule is COC(=O)[C@H](CSC1CCCCC1(C)C)NC(=O)[C@@H](N)CC(=O)O. The molecular weight excluding hydrogens is 332 g/mol. The van der Waals surface area contributed by atoms with Gasteiger partial charge in [0, 0.05) is 11.0 Å². The fraction of sp³-hybridized carbons (Fsp3) is 0.812. The molecule has 8 heteroatoms. The van der Waals surface area contributed by atoms with Gasteiger partial charge in [0.05, 0.1) is 19.6 Å². The number of nitrogens with two attached hydrogens (primary N) is 1. The van der Waals surface area contributed by atoms with Crippen molar-refractivity contribution >= 4 is 29.6 Å². The van der Waals surface area contributed by atoms with Gasteiger partial charge in [0.1, 0.15) is 6.04 Å². The van der Waals surface area contributed by atoms with Gasteiger partial charge in [-0.2, -0.15) is 11.8 Å². The molecule has 0 heterocycles. The van der Waals surface area contributed by atoms with Crippen LogP contribution in [0.2, 0.25) is 0 Å². The minimum atomic E-state index is -1.19. The van der Waals surface area contributed by atoms with Gasteiger partial charge in [0.25, 0.3) is 0 Å². The van der Waals surface area contributed by atoms with Crippen LogP contribution in [0.5, 0.6) is 0 Å². The Balaban J connectivity index is 2.64. The van der Waals surface area contributed by atoms with Crippen molar-refractivity contribution < 1.29 is 24.2 Å². The maximum Gasteiger partial charge on any atom is 0.329 e. The first kappa shape index (κ1) is 20.8. The van der Waals surface area contributed by atoms with E-state index < -0.39 is 36.4 Å². The van der Waals surface area contributed by atoms with Crippen LogP contribution in [0.4, 0.5) is 0 Å². The zero-order chi connectivity index (χ0) is 18.3. The largest absolute Gasteiger partial charge is 0.481 e. The number of ether oxygens (including phenoxy) is 1. The molecule has 1 aliphatic rings. The lowest BCUT2D eigenvalue weighted by molar-refractivity contribution is -0.144. The summed E-state index contributed by atoms with van der Waals surface area (Å²) in [7, 11) is 1.26. The summed E-state index contributed by atoms with van der Waals surface area (Å²) in [5.41, 5.74) is 5.73. The average molecular weight is 360 g/mol. The van der Waals surface area contributed by atoms with E-state index in [1.165, 1.54) is 20.0 Å². The van der Waals surface area contributed by atoms with Gasteiger partial charge in [-0.15, -0.1) is 0 Å². The van der Waals surface area contributed by atoms with Crippen LogP contribution in [0.1, 0.15) is 46.0 Å². The van der Waals surface area contributed by atoms with Crippen LogP contribution in [0.15, 0.2) is 0 Å². The van der Waals surface area contributed by atoms with Gasteiger partial charge in [-0.25, -0.2) is 4.79 Å². The Morgan fingerprint density at radius 3 is 2.58 bits per heavy atom. The molecule has 1 aliphatic carbocycles. The summed E-state index contributed by atoms with van der Waals surface area (Å²) in [6.45, 7) is 4.44. The monoisotopic (exact) mass is 360 g/mol. The summed E-state index contributed by atoms with van der Waals surface area (Å²) in [5, 5.41) is 11.6. The number of aliphatic carboxylic acids is 1. The van der Waals surface area contributed by atoms with E-state index in [2.05, 4.69) is 19.2 Å². The number of rotatable bonds is 8. The minimum Gasteiger partial charge on any atom is -0.481 e. The number of carboxylic acid groups (broad SMARTS) is 1. The number of amides is 1. The van der Waals surface area contributed by atoms with Gasteiger partial charge in [-0.1, -0.05) is 26.7 Å². The van der Waals surface area contributed by atoms with Crippen molar-refractivity contribution in [3.05, 3.63) is 0 Å². The first-order chi connectivity index (χ1) is 11.2. The minimum absolute atomic E-state index is 0.188. The highest BCUT2D eigenvalue weighted by molar-refractivity contribution is 8.00. The van der Waals surface area contributed by atoms with Gasteiger partial charge in [0.15, 0.2) is 0 Å². The van der Waals surface area contributed by atoms with Gasteiger partial charge in [0.2, 0.25) is 5.91 Å². The Hall–Kier alpha value is -1.28. The van der Waals surface area contributed by atoms with Crippen molar-refractivity contribution in [2.45, 2.75) is 63.3 Å². The third kappa shape index (κ3) is 6.32. The number of nitrogens with one attached hydrogen (secondary N) is 1. The zero-order valence-corrected chi connectivity index (χ0v) is 15.4. The first-order valence-electron chi connectivity index (χ1n) is 8.14. The molecule has 1 unspecified atom stereocenters. The number of carbonyl (C=O) groups is 3. The van der Waals surface area contributed by atoms with E-state index >= 15 is 0 Å². The van der Waals surface area contributed by atoms with Crippen molar-refractivity contribution in [2.75, 3.05) is 12.9 Å². The Morgan fingerprint density at radius 2 is 2.04 bits per heavy atom. The summed E-state index contributed by atoms with van der Waals surface area (Å²) < 4.78 is 4.74. The molecule has 4 N–H and O–H groups in total. The lowest BCUT2D eigenvalue weighted by atomic mass is 9.77. The molecule has 138 valence electrons. The summed E-state index contributed by atoms with van der Waals surface area (Å²) in [5.74, 6) is -1.99. The number of methoxy groups -OCH3 is 1. The van der Waals surface area contributed by atoms with Crippen molar-refractivity contribution in [3.8, 4) is 0 Å². The Labute approximate surface area is 147 Å². The van der Waals surface area contributed by atoms with E-state index in [0.717, 1.165) is 12.8 Å². The van der Waals surface area contributed by atoms with Crippen molar-refractivity contribution in [3.63, 3.8) is 0 Å². The average Bonchev–Trinajstić information content (AvgIpc) is 2.50. The van der Waals surface area contributed by atoms with E-state index in [1.807, 2.05) is 0 Å². The van der Waals surface area contributed by atoms with Gasteiger partial charge < -0.3 is 20.9 Å². The molecule has 1 rings (SSSR count). The Bertz CT molecular complexity index is 469. The molecule has 0 radical (unpaired) electrons. The molecule has 0 aliphatic heterocycles. The van der Waals surface area contributed by atoms with Gasteiger partial charge in [-0.3, -0.25) is 9.59 Å². The molecular formula is C16H28N2O5S. The molecule has 1 saturated carbocycles. The highest BCUT2D eigenvalue weighted by Crippen LogP contribution is 2.42. The molecule has 0 aromatic heterocycles. The van der Waals surface area contributed by atoms with Crippen LogP contribution >= 0.6 is 11.8 Å². The van der Waals surface area contributed by atoms with Crippen molar-refractivity contribution in [1.29, 1.82) is 0 Å². The maximum absolute atomic E-state index is 12.0. The second kappa shape index (κ2) is 9.27. The molecule has 0 bridgehead atoms. The molecule has 24 heavy (non-hydrogen) atoms. The molecule has 3 atom stereocenters. The third-order valence-electron chi connectivity index (χ3n) is 4.41. The summed E-state index contributed by atoms with van der Waals surface area (Å²) in [6.07, 6.45) is 4.12. The van der Waals surface area contributed by atoms with Crippen molar-refractivity contribution in [2.24, 2.45) is 11.1 Å². The maximum atomic E-state index is 12.0. The number of hydrogen-bond donors (Lipinski definition) is 3. The van der Waals surface area contributed by atoms with Crippen LogP contribution in [0, 0.1) is 5.41 Å². The Kier molecular flexibility index (Phi) is 8.02. The fourth-order valence-corrected chi connectivity index (χ4v) is 4.40. The molecule has 1 amide bonds. The zero-order valence-electron chi connectivity index (χ0n) is 14.5. The summed E-state index contributed by atoms with van der Waals surface area (Å²) in [4.78, 5) is 34.5. The van der Waals surface area contributed by atoms with E-state index in [0.29, 0.717) is 11.0 Å². The highest BCUT2D eigenvalue weighted by Gasteiger charge is 2.34.